The van der Waals surface area contributed by atoms with Gasteiger partial charge < -0.3 is 14.8 Å². The molecule has 6 nitrogen and oxygen atoms in total. The zero-order valence-corrected chi connectivity index (χ0v) is 20.4. The van der Waals surface area contributed by atoms with Crippen LogP contribution in [-0.2, 0) is 23.9 Å². The number of methoxy groups -OCH3 is 2. The molecule has 0 spiro atoms. The molecule has 4 rings (SSSR count). The molecule has 3 atom stereocenters. The standard InChI is InChI=1S/C24H21Cl2NO5S/c1-11-17(23(29)31-2)18(12-6-4-7-14(25)21(12)26)20-15(27-11)10-13(16-8-5-9-33-16)19(22(20)28)24(30)32-3/h4-9,13,18-19,27H,10H2,1-3H3/t13-,18+,19+/m1/s1. The van der Waals surface area contributed by atoms with Crippen molar-refractivity contribution in [3.63, 3.8) is 0 Å². The molecular weight excluding hydrogens is 485 g/mol. The van der Waals surface area contributed by atoms with Crippen LogP contribution < -0.4 is 5.32 Å². The lowest BCUT2D eigenvalue weighted by Gasteiger charge is -2.39. The van der Waals surface area contributed by atoms with E-state index in [2.05, 4.69) is 5.32 Å². The number of esters is 2. The van der Waals surface area contributed by atoms with Crippen LogP contribution >= 0.6 is 34.5 Å². The maximum absolute atomic E-state index is 14.0. The fraction of sp³-hybridized carbons (Fsp3) is 0.292. The van der Waals surface area contributed by atoms with Gasteiger partial charge in [0.25, 0.3) is 0 Å². The van der Waals surface area contributed by atoms with Gasteiger partial charge in [0.1, 0.15) is 5.92 Å². The molecule has 1 N–H and O–H groups in total. The van der Waals surface area contributed by atoms with Crippen LogP contribution in [0.1, 0.15) is 35.6 Å². The summed E-state index contributed by atoms with van der Waals surface area (Å²) in [6.45, 7) is 1.75. The van der Waals surface area contributed by atoms with Gasteiger partial charge in [-0.3, -0.25) is 9.59 Å². The third-order valence-corrected chi connectivity index (χ3v) is 7.92. The minimum absolute atomic E-state index is 0.231. The van der Waals surface area contributed by atoms with Crippen molar-refractivity contribution < 1.29 is 23.9 Å². The van der Waals surface area contributed by atoms with Gasteiger partial charge in [0, 0.05) is 33.7 Å². The zero-order valence-electron chi connectivity index (χ0n) is 18.1. The molecule has 1 aliphatic heterocycles. The van der Waals surface area contributed by atoms with Crippen molar-refractivity contribution in [3.05, 3.63) is 78.7 Å². The van der Waals surface area contributed by atoms with Crippen molar-refractivity contribution in [2.24, 2.45) is 5.92 Å². The lowest BCUT2D eigenvalue weighted by molar-refractivity contribution is -0.149. The summed E-state index contributed by atoms with van der Waals surface area (Å²) < 4.78 is 10.1. The summed E-state index contributed by atoms with van der Waals surface area (Å²) in [7, 11) is 2.54. The SMILES string of the molecule is COC(=O)C1=C(C)NC2=C(C(=O)[C@@H](C(=O)OC)[C@@H](c3cccs3)C2)[C@H]1c1cccc(Cl)c1Cl. The Morgan fingerprint density at radius 1 is 1.12 bits per heavy atom. The fourth-order valence-corrected chi connectivity index (χ4v) is 5.92. The third kappa shape index (κ3) is 3.98. The molecule has 0 radical (unpaired) electrons. The van der Waals surface area contributed by atoms with Crippen LogP contribution in [0.2, 0.25) is 10.0 Å². The van der Waals surface area contributed by atoms with Crippen LogP contribution in [0.3, 0.4) is 0 Å². The molecule has 1 aromatic heterocycles. The predicted octanol–water partition coefficient (Wildman–Crippen LogP) is 4.99. The van der Waals surface area contributed by atoms with Crippen LogP contribution in [0.25, 0.3) is 0 Å². The van der Waals surface area contributed by atoms with E-state index >= 15 is 0 Å². The Kier molecular flexibility index (Phi) is 6.66. The maximum atomic E-state index is 14.0. The molecule has 33 heavy (non-hydrogen) atoms. The molecule has 172 valence electrons. The highest BCUT2D eigenvalue weighted by atomic mass is 35.5. The number of thiophene rings is 1. The molecule has 0 fully saturated rings. The number of benzene rings is 1. The third-order valence-electron chi connectivity index (χ3n) is 6.08. The van der Waals surface area contributed by atoms with E-state index in [0.29, 0.717) is 34.0 Å². The van der Waals surface area contributed by atoms with Crippen LogP contribution in [0, 0.1) is 5.92 Å². The number of allylic oxidation sites excluding steroid dienone is 3. The summed E-state index contributed by atoms with van der Waals surface area (Å²) in [4.78, 5) is 40.5. The number of halogens is 2. The van der Waals surface area contributed by atoms with E-state index < -0.39 is 29.6 Å². The Hall–Kier alpha value is -2.61. The van der Waals surface area contributed by atoms with Gasteiger partial charge in [0.2, 0.25) is 0 Å². The molecule has 2 heterocycles. The van der Waals surface area contributed by atoms with Gasteiger partial charge in [-0.1, -0.05) is 41.4 Å². The largest absolute Gasteiger partial charge is 0.468 e. The minimum atomic E-state index is -1.05. The molecule has 2 aromatic rings. The summed E-state index contributed by atoms with van der Waals surface area (Å²) in [5.74, 6) is -3.92. The Bertz CT molecular complexity index is 1200. The van der Waals surface area contributed by atoms with Gasteiger partial charge in [0.05, 0.1) is 29.8 Å². The molecule has 0 unspecified atom stereocenters. The quantitative estimate of drug-likeness (QED) is 0.465. The number of ketones is 1. The average molecular weight is 506 g/mol. The lowest BCUT2D eigenvalue weighted by atomic mass is 9.68. The second kappa shape index (κ2) is 9.33. The van der Waals surface area contributed by atoms with Crippen molar-refractivity contribution >= 4 is 52.3 Å². The molecule has 2 aliphatic rings. The first kappa shape index (κ1) is 23.5. The lowest BCUT2D eigenvalue weighted by Crippen LogP contribution is -2.43. The number of dihydropyridines is 1. The molecular formula is C24H21Cl2NO5S. The minimum Gasteiger partial charge on any atom is -0.468 e. The Balaban J connectivity index is 1.95. The molecule has 0 saturated carbocycles. The summed E-state index contributed by atoms with van der Waals surface area (Å²) in [6.07, 6.45) is 0.391. The number of hydrogen-bond acceptors (Lipinski definition) is 7. The number of carbonyl (C=O) groups excluding carboxylic acids is 3. The van der Waals surface area contributed by atoms with Crippen molar-refractivity contribution in [1.82, 2.24) is 5.32 Å². The summed E-state index contributed by atoms with van der Waals surface area (Å²) in [5, 5.41) is 5.66. The van der Waals surface area contributed by atoms with Gasteiger partial charge in [-0.15, -0.1) is 11.3 Å². The number of ether oxygens (including phenoxy) is 2. The van der Waals surface area contributed by atoms with Gasteiger partial charge in [-0.25, -0.2) is 4.79 Å². The van der Waals surface area contributed by atoms with Crippen molar-refractivity contribution in [2.75, 3.05) is 14.2 Å². The smallest absolute Gasteiger partial charge is 0.336 e. The second-order valence-electron chi connectivity index (χ2n) is 7.81. The van der Waals surface area contributed by atoms with E-state index in [1.807, 2.05) is 17.5 Å². The van der Waals surface area contributed by atoms with E-state index in [0.717, 1.165) is 4.88 Å². The molecule has 0 bridgehead atoms. The van der Waals surface area contributed by atoms with Crippen molar-refractivity contribution in [3.8, 4) is 0 Å². The number of nitrogens with one attached hydrogen (secondary N) is 1. The summed E-state index contributed by atoms with van der Waals surface area (Å²) >= 11 is 14.3. The number of Topliss-reactive ketones (excluding diaryl/α,β-unsaturated/α-hetero) is 1. The van der Waals surface area contributed by atoms with E-state index in [9.17, 15) is 14.4 Å². The zero-order chi connectivity index (χ0) is 23.9. The predicted molar refractivity (Wildman–Crippen MR) is 126 cm³/mol. The highest BCUT2D eigenvalue weighted by Crippen LogP contribution is 2.50. The first-order chi connectivity index (χ1) is 15.8. The average Bonchev–Trinajstić information content (AvgIpc) is 3.34. The maximum Gasteiger partial charge on any atom is 0.336 e. The van der Waals surface area contributed by atoms with Gasteiger partial charge in [0.15, 0.2) is 5.78 Å². The highest BCUT2D eigenvalue weighted by Gasteiger charge is 2.49. The number of hydrogen-bond donors (Lipinski definition) is 1. The van der Waals surface area contributed by atoms with E-state index in [1.54, 1.807) is 25.1 Å². The van der Waals surface area contributed by atoms with Gasteiger partial charge in [-0.2, -0.15) is 0 Å². The van der Waals surface area contributed by atoms with Crippen LogP contribution in [0.5, 0.6) is 0 Å². The number of carbonyl (C=O) groups is 3. The first-order valence-corrected chi connectivity index (χ1v) is 11.8. The van der Waals surface area contributed by atoms with E-state index in [4.69, 9.17) is 32.7 Å². The monoisotopic (exact) mass is 505 g/mol. The summed E-state index contributed by atoms with van der Waals surface area (Å²) in [6, 6.07) is 8.84. The summed E-state index contributed by atoms with van der Waals surface area (Å²) in [5.41, 5.74) is 2.23. The Labute approximate surface area is 205 Å². The molecule has 1 aliphatic carbocycles. The molecule has 1 aromatic carbocycles. The Morgan fingerprint density at radius 3 is 2.52 bits per heavy atom. The Morgan fingerprint density at radius 2 is 1.88 bits per heavy atom. The molecule has 9 heteroatoms. The van der Waals surface area contributed by atoms with E-state index in [1.165, 1.54) is 25.6 Å². The van der Waals surface area contributed by atoms with Gasteiger partial charge >= 0.3 is 11.9 Å². The number of rotatable bonds is 4. The fourth-order valence-electron chi connectivity index (χ4n) is 4.64. The normalized spacial score (nSPS) is 22.6. The first-order valence-electron chi connectivity index (χ1n) is 10.2. The van der Waals surface area contributed by atoms with Crippen molar-refractivity contribution in [1.29, 1.82) is 0 Å². The topological polar surface area (TPSA) is 81.7 Å². The van der Waals surface area contributed by atoms with Crippen LogP contribution in [-0.4, -0.2) is 31.9 Å². The second-order valence-corrected chi connectivity index (χ2v) is 9.58. The highest BCUT2D eigenvalue weighted by molar-refractivity contribution is 7.10. The molecule has 0 amide bonds. The van der Waals surface area contributed by atoms with Crippen LogP contribution in [0.15, 0.2) is 58.3 Å². The van der Waals surface area contributed by atoms with Crippen LogP contribution in [0.4, 0.5) is 0 Å². The molecule has 0 saturated heterocycles. The van der Waals surface area contributed by atoms with E-state index in [-0.39, 0.29) is 16.5 Å². The van der Waals surface area contributed by atoms with Crippen molar-refractivity contribution in [2.45, 2.75) is 25.2 Å². The van der Waals surface area contributed by atoms with Gasteiger partial charge in [-0.05, 0) is 36.4 Å².